The number of halogens is 3. The number of aliphatic imine (C=N–C) groups is 1. The van der Waals surface area contributed by atoms with E-state index in [-0.39, 0.29) is 36.2 Å². The number of ether oxygens (including phenoxy) is 2. The van der Waals surface area contributed by atoms with E-state index < -0.39 is 24.4 Å². The molecular weight excluding hydrogens is 639 g/mol. The molecule has 1 amide bonds. The molecule has 0 aliphatic carbocycles. The number of nitrogens with zero attached hydrogens (tertiary/aromatic N) is 6. The van der Waals surface area contributed by atoms with E-state index in [0.29, 0.717) is 56.3 Å². The van der Waals surface area contributed by atoms with Crippen LogP contribution < -0.4 is 20.4 Å². The maximum absolute atomic E-state index is 14.0. The van der Waals surface area contributed by atoms with Gasteiger partial charge in [-0.15, -0.1) is 0 Å². The van der Waals surface area contributed by atoms with Crippen molar-refractivity contribution in [2.24, 2.45) is 4.99 Å². The molecule has 2 saturated heterocycles. The van der Waals surface area contributed by atoms with Gasteiger partial charge in [0.2, 0.25) is 0 Å². The summed E-state index contributed by atoms with van der Waals surface area (Å²) in [5, 5.41) is 11.4. The van der Waals surface area contributed by atoms with Gasteiger partial charge < -0.3 is 30.0 Å². The Morgan fingerprint density at radius 3 is 2.20 bits per heavy atom. The molecule has 2 fully saturated rings. The molecule has 1 aromatic heterocycles. The molecule has 0 bridgehead atoms. The predicted octanol–water partition coefficient (Wildman–Crippen LogP) is 6.17. The van der Waals surface area contributed by atoms with Gasteiger partial charge in [-0.3, -0.25) is 10.2 Å². The average molecular weight is 698 g/mol. The summed E-state index contributed by atoms with van der Waals surface area (Å²) in [6.45, 7) is 25.5. The van der Waals surface area contributed by atoms with E-state index in [1.807, 2.05) is 23.6 Å². The van der Waals surface area contributed by atoms with Crippen LogP contribution in [0.1, 0.15) is 79.6 Å². The Hall–Kier alpha value is -3.56. The van der Waals surface area contributed by atoms with E-state index in [9.17, 15) is 18.0 Å². The number of rotatable bonds is 10. The lowest BCUT2D eigenvalue weighted by molar-refractivity contribution is -0.120. The van der Waals surface area contributed by atoms with Gasteiger partial charge >= 0.3 is 12.3 Å². The molecule has 0 aromatic carbocycles. The Balaban J connectivity index is 0.00000186. The highest BCUT2D eigenvalue weighted by molar-refractivity contribution is 6.08. The first kappa shape index (κ1) is 43.5. The van der Waals surface area contributed by atoms with Crippen LogP contribution in [0.5, 0.6) is 0 Å². The van der Waals surface area contributed by atoms with Gasteiger partial charge in [0.15, 0.2) is 5.82 Å². The summed E-state index contributed by atoms with van der Waals surface area (Å²) in [5.74, 6) is 0.958. The number of alkyl halides is 3. The molecular formula is C34H58F3N9O3. The third-order valence-corrected chi connectivity index (χ3v) is 7.15. The van der Waals surface area contributed by atoms with Gasteiger partial charge in [0.1, 0.15) is 29.6 Å². The second kappa shape index (κ2) is 20.8. The quantitative estimate of drug-likeness (QED) is 0.246. The van der Waals surface area contributed by atoms with Crippen molar-refractivity contribution in [2.75, 3.05) is 62.4 Å². The van der Waals surface area contributed by atoms with Crippen molar-refractivity contribution in [3.63, 3.8) is 0 Å². The fourth-order valence-corrected chi connectivity index (χ4v) is 5.08. The summed E-state index contributed by atoms with van der Waals surface area (Å²) < 4.78 is 52.7. The number of allylic oxidation sites excluding steroid dienone is 2. The Kier molecular flexibility index (Phi) is 18.5. The fourth-order valence-electron chi connectivity index (χ4n) is 5.08. The molecule has 1 aromatic rings. The fraction of sp³-hybridized carbons (Fsp3) is 0.676. The number of amides is 1. The highest BCUT2D eigenvalue weighted by Crippen LogP contribution is 2.31. The molecule has 0 spiro atoms. The number of anilines is 2. The SMILES string of the molecule is C=C(/N=C\C(=C/C)c1nc(N2CCOCC2)c(C)c(N(CN2CC(C)NC(C)C2)CC(F)(F)F)n1)NC(=O)OC(C)(C)C.C=N.CCCC. The number of aromatic nitrogens is 2. The van der Waals surface area contributed by atoms with E-state index in [2.05, 4.69) is 47.8 Å². The molecule has 2 atom stereocenters. The summed E-state index contributed by atoms with van der Waals surface area (Å²) in [5.41, 5.74) is 0.294. The number of carbonyl (C=O) groups is 1. The van der Waals surface area contributed by atoms with Gasteiger partial charge in [0.05, 0.1) is 19.9 Å². The first-order valence-corrected chi connectivity index (χ1v) is 16.7. The van der Waals surface area contributed by atoms with E-state index in [4.69, 9.17) is 19.9 Å². The van der Waals surface area contributed by atoms with Crippen molar-refractivity contribution in [2.45, 2.75) is 99.0 Å². The van der Waals surface area contributed by atoms with Crippen LogP contribution in [0.4, 0.5) is 29.6 Å². The average Bonchev–Trinajstić information content (AvgIpc) is 3.01. The standard InChI is InChI=1S/C29H45F3N8O3.C4H10.CH3N/c1-9-23(14-33-22(5)35-27(41)43-28(6,7)8)24-36-25(39-10-12-42-13-11-39)21(4)26(37-24)40(17-29(30,31)32)18-38-15-19(2)34-20(3)16-38;1-3-4-2;1-2/h9,14,19-20,34H,5,10-13,15-18H2,1-4,6-8H3,(H,35,41);3-4H2,1-2H3;2H,1H2/b23-9+,33-14-;;. The number of morpholine rings is 1. The zero-order chi connectivity index (χ0) is 37.4. The summed E-state index contributed by atoms with van der Waals surface area (Å²) in [7, 11) is 0. The molecule has 12 nitrogen and oxygen atoms in total. The third-order valence-electron chi connectivity index (χ3n) is 7.15. The van der Waals surface area contributed by atoms with E-state index in [0.717, 1.165) is 0 Å². The summed E-state index contributed by atoms with van der Waals surface area (Å²) in [4.78, 5) is 31.1. The molecule has 3 N–H and O–H groups in total. The smallest absolute Gasteiger partial charge is 0.413 e. The molecule has 2 aliphatic rings. The number of hydrogen-bond donors (Lipinski definition) is 3. The lowest BCUT2D eigenvalue weighted by atomic mass is 10.1. The molecule has 0 saturated carbocycles. The molecule has 0 radical (unpaired) electrons. The van der Waals surface area contributed by atoms with E-state index in [1.165, 1.54) is 24.0 Å². The van der Waals surface area contributed by atoms with Crippen molar-refractivity contribution < 1.29 is 27.4 Å². The number of carbonyl (C=O) groups excluding carboxylic acids is 1. The molecule has 15 heteroatoms. The van der Waals surface area contributed by atoms with Crippen LogP contribution in [0.15, 0.2) is 23.5 Å². The van der Waals surface area contributed by atoms with Crippen LogP contribution in [0.2, 0.25) is 0 Å². The summed E-state index contributed by atoms with van der Waals surface area (Å²) in [6.07, 6.45) is 0.595. The number of piperazine rings is 1. The Morgan fingerprint density at radius 1 is 1.14 bits per heavy atom. The number of nitrogens with one attached hydrogen (secondary N) is 3. The second-order valence-electron chi connectivity index (χ2n) is 13.0. The van der Waals surface area contributed by atoms with Gasteiger partial charge in [0.25, 0.3) is 0 Å². The van der Waals surface area contributed by atoms with Gasteiger partial charge in [-0.25, -0.2) is 19.8 Å². The first-order valence-electron chi connectivity index (χ1n) is 16.7. The van der Waals surface area contributed by atoms with Crippen LogP contribution in [-0.2, 0) is 9.47 Å². The van der Waals surface area contributed by atoms with E-state index in [1.54, 1.807) is 40.7 Å². The molecule has 2 aliphatic heterocycles. The molecule has 2 unspecified atom stereocenters. The second-order valence-corrected chi connectivity index (χ2v) is 13.0. The van der Waals surface area contributed by atoms with Gasteiger partial charge in [-0.05, 0) is 55.2 Å². The van der Waals surface area contributed by atoms with Crippen LogP contribution in [-0.4, -0.2) is 110 Å². The van der Waals surface area contributed by atoms with Crippen molar-refractivity contribution in [1.82, 2.24) is 25.5 Å². The van der Waals surface area contributed by atoms with Crippen molar-refractivity contribution in [1.29, 1.82) is 5.41 Å². The van der Waals surface area contributed by atoms with Crippen molar-refractivity contribution in [3.8, 4) is 0 Å². The minimum Gasteiger partial charge on any atom is -0.444 e. The van der Waals surface area contributed by atoms with Crippen LogP contribution in [0.25, 0.3) is 5.57 Å². The van der Waals surface area contributed by atoms with Crippen molar-refractivity contribution in [3.05, 3.63) is 29.9 Å². The zero-order valence-electron chi connectivity index (χ0n) is 30.8. The predicted molar refractivity (Wildman–Crippen MR) is 193 cm³/mol. The maximum Gasteiger partial charge on any atom is 0.413 e. The highest BCUT2D eigenvalue weighted by Gasteiger charge is 2.35. The largest absolute Gasteiger partial charge is 0.444 e. The zero-order valence-corrected chi connectivity index (χ0v) is 30.8. The molecule has 49 heavy (non-hydrogen) atoms. The number of unbranched alkanes of at least 4 members (excludes halogenated alkanes) is 1. The van der Waals surface area contributed by atoms with Crippen molar-refractivity contribution >= 4 is 36.2 Å². The monoisotopic (exact) mass is 697 g/mol. The molecule has 3 rings (SSSR count). The summed E-state index contributed by atoms with van der Waals surface area (Å²) >= 11 is 0. The first-order chi connectivity index (χ1) is 23.0. The van der Waals surface area contributed by atoms with Crippen LogP contribution >= 0.6 is 0 Å². The van der Waals surface area contributed by atoms with E-state index >= 15 is 0 Å². The van der Waals surface area contributed by atoms with Gasteiger partial charge in [-0.1, -0.05) is 39.3 Å². The summed E-state index contributed by atoms with van der Waals surface area (Å²) in [6, 6.07) is 0.270. The third kappa shape index (κ3) is 16.1. The Labute approximate surface area is 290 Å². The minimum atomic E-state index is -4.46. The highest BCUT2D eigenvalue weighted by atomic mass is 19.4. The lowest BCUT2D eigenvalue weighted by Gasteiger charge is -2.40. The van der Waals surface area contributed by atoms with Crippen LogP contribution in [0, 0.1) is 12.3 Å². The number of hydrogen-bond acceptors (Lipinski definition) is 11. The van der Waals surface area contributed by atoms with Gasteiger partial charge in [0, 0.05) is 55.6 Å². The lowest BCUT2D eigenvalue weighted by Crippen LogP contribution is -2.57. The maximum atomic E-state index is 14.0. The normalized spacial score (nSPS) is 18.9. The molecule has 278 valence electrons. The Bertz CT molecular complexity index is 1230. The van der Waals surface area contributed by atoms with Crippen LogP contribution in [0.3, 0.4) is 0 Å². The molecule has 3 heterocycles. The van der Waals surface area contributed by atoms with Gasteiger partial charge in [-0.2, -0.15) is 13.2 Å². The topological polar surface area (TPSA) is 131 Å². The Morgan fingerprint density at radius 2 is 1.71 bits per heavy atom. The minimum absolute atomic E-state index is 0.0231. The number of alkyl carbamates (subject to hydrolysis) is 1.